The van der Waals surface area contributed by atoms with Crippen molar-refractivity contribution < 1.29 is 14.2 Å². The molecule has 2 unspecified atom stereocenters. The SMILES string of the molecule is CCC1O[C@@H](Oc2ccc(COC(c3ccccc3)(c3ccccc3)c3ccccc3)cc2)[C@H](C)C(C)[C@H]1C. The second-order valence-corrected chi connectivity index (χ2v) is 10.9. The van der Waals surface area contributed by atoms with Gasteiger partial charge in [0.1, 0.15) is 11.4 Å². The lowest BCUT2D eigenvalue weighted by atomic mass is 9.78. The predicted octanol–water partition coefficient (Wildman–Crippen LogP) is 8.62. The highest BCUT2D eigenvalue weighted by Crippen LogP contribution is 2.41. The molecule has 4 aromatic rings. The van der Waals surface area contributed by atoms with E-state index in [1.165, 1.54) is 0 Å². The van der Waals surface area contributed by atoms with Gasteiger partial charge in [0.2, 0.25) is 6.29 Å². The Labute approximate surface area is 233 Å². The van der Waals surface area contributed by atoms with E-state index in [2.05, 4.69) is 113 Å². The second-order valence-electron chi connectivity index (χ2n) is 10.9. The quantitative estimate of drug-likeness (QED) is 0.207. The number of ether oxygens (including phenoxy) is 3. The van der Waals surface area contributed by atoms with E-state index in [9.17, 15) is 0 Å². The monoisotopic (exact) mass is 520 g/mol. The van der Waals surface area contributed by atoms with Crippen molar-refractivity contribution in [1.29, 1.82) is 0 Å². The molecule has 1 aliphatic rings. The number of benzene rings is 4. The van der Waals surface area contributed by atoms with Crippen LogP contribution in [0.5, 0.6) is 5.75 Å². The molecule has 202 valence electrons. The van der Waals surface area contributed by atoms with Gasteiger partial charge in [0.05, 0.1) is 12.7 Å². The topological polar surface area (TPSA) is 27.7 Å². The van der Waals surface area contributed by atoms with E-state index in [0.29, 0.717) is 24.4 Å². The molecule has 0 saturated carbocycles. The van der Waals surface area contributed by atoms with E-state index < -0.39 is 5.60 Å². The summed E-state index contributed by atoms with van der Waals surface area (Å²) in [5.41, 5.74) is 3.63. The lowest BCUT2D eigenvalue weighted by Gasteiger charge is -2.43. The standard InChI is InChI=1S/C36H40O3/c1-5-34-27(3)26(2)28(4)35(39-34)38-33-23-21-29(22-24-33)25-37-36(30-15-9-6-10-16-30,31-17-11-7-12-18-31)32-19-13-8-14-20-32/h6-24,26-28,34-35H,5,25H2,1-4H3/t26?,27-,28-,34?,35-/m1/s1. The van der Waals surface area contributed by atoms with Crippen LogP contribution in [0.1, 0.15) is 56.4 Å². The van der Waals surface area contributed by atoms with Gasteiger partial charge in [0, 0.05) is 5.92 Å². The van der Waals surface area contributed by atoms with E-state index in [4.69, 9.17) is 14.2 Å². The van der Waals surface area contributed by atoms with Crippen molar-refractivity contribution in [3.63, 3.8) is 0 Å². The van der Waals surface area contributed by atoms with Crippen LogP contribution in [0.4, 0.5) is 0 Å². The molecule has 0 aliphatic carbocycles. The molecule has 39 heavy (non-hydrogen) atoms. The molecule has 4 aromatic carbocycles. The molecule has 1 heterocycles. The molecule has 0 spiro atoms. The van der Waals surface area contributed by atoms with E-state index in [0.717, 1.165) is 34.4 Å². The van der Waals surface area contributed by atoms with Crippen LogP contribution >= 0.6 is 0 Å². The third-order valence-electron chi connectivity index (χ3n) is 8.56. The summed E-state index contributed by atoms with van der Waals surface area (Å²) in [7, 11) is 0. The third kappa shape index (κ3) is 5.66. The van der Waals surface area contributed by atoms with Crippen molar-refractivity contribution in [2.75, 3.05) is 0 Å². The van der Waals surface area contributed by atoms with Gasteiger partial charge in [-0.25, -0.2) is 0 Å². The molecule has 3 heteroatoms. The Balaban J connectivity index is 1.39. The first-order valence-corrected chi connectivity index (χ1v) is 14.2. The first-order valence-electron chi connectivity index (χ1n) is 14.2. The van der Waals surface area contributed by atoms with E-state index in [-0.39, 0.29) is 12.4 Å². The van der Waals surface area contributed by atoms with Gasteiger partial charge in [-0.3, -0.25) is 0 Å². The predicted molar refractivity (Wildman–Crippen MR) is 158 cm³/mol. The fourth-order valence-corrected chi connectivity index (χ4v) is 5.85. The van der Waals surface area contributed by atoms with Crippen molar-refractivity contribution in [2.45, 2.75) is 58.7 Å². The molecular weight excluding hydrogens is 480 g/mol. The summed E-state index contributed by atoms with van der Waals surface area (Å²) >= 11 is 0. The van der Waals surface area contributed by atoms with Gasteiger partial charge in [-0.15, -0.1) is 0 Å². The highest BCUT2D eigenvalue weighted by Gasteiger charge is 2.40. The molecule has 3 nitrogen and oxygen atoms in total. The summed E-state index contributed by atoms with van der Waals surface area (Å²) in [6.45, 7) is 9.48. The maximum Gasteiger partial charge on any atom is 0.202 e. The average Bonchev–Trinajstić information content (AvgIpc) is 3.00. The Kier molecular flexibility index (Phi) is 8.50. The molecule has 5 rings (SSSR count). The first-order chi connectivity index (χ1) is 19.0. The van der Waals surface area contributed by atoms with E-state index >= 15 is 0 Å². The highest BCUT2D eigenvalue weighted by atomic mass is 16.7. The van der Waals surface area contributed by atoms with Gasteiger partial charge in [0.15, 0.2) is 0 Å². The van der Waals surface area contributed by atoms with Crippen LogP contribution in [0, 0.1) is 17.8 Å². The third-order valence-corrected chi connectivity index (χ3v) is 8.56. The van der Waals surface area contributed by atoms with Crippen LogP contribution in [0.25, 0.3) is 0 Å². The van der Waals surface area contributed by atoms with Crippen LogP contribution in [0.15, 0.2) is 115 Å². The fraction of sp³-hybridized carbons (Fsp3) is 0.333. The molecule has 0 aromatic heterocycles. The molecule has 0 radical (unpaired) electrons. The summed E-state index contributed by atoms with van der Waals surface area (Å²) in [5.74, 6) is 2.23. The fourth-order valence-electron chi connectivity index (χ4n) is 5.85. The Hall–Kier alpha value is -3.40. The number of hydrogen-bond acceptors (Lipinski definition) is 3. The van der Waals surface area contributed by atoms with E-state index in [1.807, 2.05) is 30.3 Å². The Bertz CT molecular complexity index is 1190. The Morgan fingerprint density at radius 2 is 1.10 bits per heavy atom. The smallest absolute Gasteiger partial charge is 0.202 e. The second kappa shape index (κ2) is 12.2. The lowest BCUT2D eigenvalue weighted by Crippen LogP contribution is -2.46. The van der Waals surface area contributed by atoms with Gasteiger partial charge < -0.3 is 14.2 Å². The van der Waals surface area contributed by atoms with Crippen LogP contribution in [0.3, 0.4) is 0 Å². The zero-order valence-electron chi connectivity index (χ0n) is 23.5. The molecule has 1 saturated heterocycles. The summed E-state index contributed by atoms with van der Waals surface area (Å²) in [6.07, 6.45) is 1.00. The summed E-state index contributed by atoms with van der Waals surface area (Å²) in [5, 5.41) is 0. The van der Waals surface area contributed by atoms with Gasteiger partial charge in [-0.2, -0.15) is 0 Å². The minimum atomic E-state index is -0.744. The first kappa shape index (κ1) is 27.2. The van der Waals surface area contributed by atoms with Crippen molar-refractivity contribution in [2.24, 2.45) is 17.8 Å². The van der Waals surface area contributed by atoms with Crippen molar-refractivity contribution in [3.05, 3.63) is 138 Å². The van der Waals surface area contributed by atoms with Crippen LogP contribution < -0.4 is 4.74 Å². The number of hydrogen-bond donors (Lipinski definition) is 0. The van der Waals surface area contributed by atoms with Crippen LogP contribution in [-0.2, 0) is 21.7 Å². The molecule has 1 aliphatic heterocycles. The van der Waals surface area contributed by atoms with Crippen LogP contribution in [-0.4, -0.2) is 12.4 Å². The van der Waals surface area contributed by atoms with Crippen molar-refractivity contribution in [1.82, 2.24) is 0 Å². The minimum absolute atomic E-state index is 0.231. The minimum Gasteiger partial charge on any atom is -0.465 e. The molecular formula is C36H40O3. The maximum absolute atomic E-state index is 6.97. The molecule has 0 N–H and O–H groups in total. The van der Waals surface area contributed by atoms with Gasteiger partial charge >= 0.3 is 0 Å². The maximum atomic E-state index is 6.97. The normalized spacial score (nSPS) is 23.3. The summed E-state index contributed by atoms with van der Waals surface area (Å²) in [6, 6.07) is 39.7. The van der Waals surface area contributed by atoms with Gasteiger partial charge in [-0.05, 0) is 52.6 Å². The van der Waals surface area contributed by atoms with Crippen molar-refractivity contribution >= 4 is 0 Å². The van der Waals surface area contributed by atoms with E-state index in [1.54, 1.807) is 0 Å². The van der Waals surface area contributed by atoms with Gasteiger partial charge in [0.25, 0.3) is 0 Å². The van der Waals surface area contributed by atoms with Crippen molar-refractivity contribution in [3.8, 4) is 5.75 Å². The molecule has 1 fully saturated rings. The highest BCUT2D eigenvalue weighted by molar-refractivity contribution is 5.47. The Morgan fingerprint density at radius 1 is 0.615 bits per heavy atom. The molecule has 5 atom stereocenters. The zero-order valence-corrected chi connectivity index (χ0v) is 23.5. The van der Waals surface area contributed by atoms with Gasteiger partial charge in [-0.1, -0.05) is 131 Å². The number of rotatable bonds is 9. The summed E-state index contributed by atoms with van der Waals surface area (Å²) in [4.78, 5) is 0. The molecule has 0 bridgehead atoms. The molecule has 0 amide bonds. The van der Waals surface area contributed by atoms with Crippen LogP contribution in [0.2, 0.25) is 0 Å². The lowest BCUT2D eigenvalue weighted by molar-refractivity contribution is -0.211. The largest absolute Gasteiger partial charge is 0.465 e. The Morgan fingerprint density at radius 3 is 1.56 bits per heavy atom. The average molecular weight is 521 g/mol. The zero-order chi connectivity index (χ0) is 27.2. The summed E-state index contributed by atoms with van der Waals surface area (Å²) < 4.78 is 19.7.